The number of hydrogen-bond donors (Lipinski definition) is 1. The first-order chi connectivity index (χ1) is 14.2. The van der Waals surface area contributed by atoms with Gasteiger partial charge >= 0.3 is 5.97 Å². The van der Waals surface area contributed by atoms with Crippen LogP contribution in [0.1, 0.15) is 34.3 Å². The Labute approximate surface area is 173 Å². The highest BCUT2D eigenvalue weighted by atomic mass is 16.6. The SMILES string of the molecule is COc1ccc(NC(=O)COC(=O)CCC(=O)c2ccc(C)c(C)c2)c([N+](=O)[O-])c1. The van der Waals surface area contributed by atoms with Crippen molar-refractivity contribution in [2.24, 2.45) is 0 Å². The highest BCUT2D eigenvalue weighted by Crippen LogP contribution is 2.28. The molecule has 0 aliphatic heterocycles. The van der Waals surface area contributed by atoms with Gasteiger partial charge in [-0.15, -0.1) is 0 Å². The molecule has 2 aromatic rings. The van der Waals surface area contributed by atoms with Crippen LogP contribution in [0.25, 0.3) is 0 Å². The number of nitrogens with one attached hydrogen (secondary N) is 1. The Morgan fingerprint density at radius 1 is 1.03 bits per heavy atom. The van der Waals surface area contributed by atoms with Gasteiger partial charge in [-0.25, -0.2) is 0 Å². The molecule has 0 fully saturated rings. The number of benzene rings is 2. The van der Waals surface area contributed by atoms with Crippen molar-refractivity contribution in [3.05, 3.63) is 63.2 Å². The van der Waals surface area contributed by atoms with E-state index in [-0.39, 0.29) is 35.7 Å². The van der Waals surface area contributed by atoms with E-state index in [1.807, 2.05) is 19.9 Å². The number of aryl methyl sites for hydroxylation is 2. The second-order valence-corrected chi connectivity index (χ2v) is 6.57. The maximum Gasteiger partial charge on any atom is 0.306 e. The molecule has 9 nitrogen and oxygen atoms in total. The summed E-state index contributed by atoms with van der Waals surface area (Å²) in [5.74, 6) is -1.39. The van der Waals surface area contributed by atoms with E-state index in [0.29, 0.717) is 5.56 Å². The van der Waals surface area contributed by atoms with Crippen LogP contribution in [0.15, 0.2) is 36.4 Å². The number of anilines is 1. The summed E-state index contributed by atoms with van der Waals surface area (Å²) in [5.41, 5.74) is 2.15. The molecule has 2 aromatic carbocycles. The van der Waals surface area contributed by atoms with E-state index in [1.165, 1.54) is 25.3 Å². The summed E-state index contributed by atoms with van der Waals surface area (Å²) in [6, 6.07) is 9.24. The van der Waals surface area contributed by atoms with Crippen LogP contribution in [-0.4, -0.2) is 36.3 Å². The van der Waals surface area contributed by atoms with Crippen LogP contribution >= 0.6 is 0 Å². The second kappa shape index (κ2) is 10.1. The van der Waals surface area contributed by atoms with Gasteiger partial charge in [-0.2, -0.15) is 0 Å². The van der Waals surface area contributed by atoms with Gasteiger partial charge in [0.1, 0.15) is 11.4 Å². The van der Waals surface area contributed by atoms with Gasteiger partial charge in [-0.05, 0) is 43.2 Å². The monoisotopic (exact) mass is 414 g/mol. The van der Waals surface area contributed by atoms with Crippen LogP contribution in [0.4, 0.5) is 11.4 Å². The maximum absolute atomic E-state index is 12.2. The number of esters is 1. The minimum Gasteiger partial charge on any atom is -0.496 e. The number of amides is 1. The Hall–Kier alpha value is -3.75. The number of nitro groups is 1. The lowest BCUT2D eigenvalue weighted by molar-refractivity contribution is -0.384. The van der Waals surface area contributed by atoms with E-state index < -0.39 is 23.4 Å². The van der Waals surface area contributed by atoms with Gasteiger partial charge < -0.3 is 14.8 Å². The van der Waals surface area contributed by atoms with Gasteiger partial charge in [0, 0.05) is 12.0 Å². The Kier molecular flexibility index (Phi) is 7.62. The zero-order valence-corrected chi connectivity index (χ0v) is 16.9. The highest BCUT2D eigenvalue weighted by Gasteiger charge is 2.18. The number of Topliss-reactive ketones (excluding diaryl/α,β-unsaturated/α-hetero) is 1. The summed E-state index contributed by atoms with van der Waals surface area (Å²) in [6.45, 7) is 3.21. The molecule has 158 valence electrons. The normalized spacial score (nSPS) is 10.2. The third-order valence-corrected chi connectivity index (χ3v) is 4.43. The Balaban J connectivity index is 1.84. The highest BCUT2D eigenvalue weighted by molar-refractivity contribution is 5.98. The van der Waals surface area contributed by atoms with Gasteiger partial charge in [0.05, 0.1) is 24.5 Å². The predicted molar refractivity (Wildman–Crippen MR) is 109 cm³/mol. The van der Waals surface area contributed by atoms with Crippen molar-refractivity contribution in [1.29, 1.82) is 0 Å². The van der Waals surface area contributed by atoms with Gasteiger partial charge in [0.25, 0.3) is 11.6 Å². The average Bonchev–Trinajstić information content (AvgIpc) is 2.72. The molecule has 2 rings (SSSR count). The standard InChI is InChI=1S/C21H22N2O7/c1-13-4-5-15(10-14(13)2)19(24)8-9-21(26)30-12-20(25)22-17-7-6-16(29-3)11-18(17)23(27)28/h4-7,10-11H,8-9,12H2,1-3H3,(H,22,25). The first-order valence-corrected chi connectivity index (χ1v) is 9.09. The van der Waals surface area contributed by atoms with Crippen molar-refractivity contribution in [2.45, 2.75) is 26.7 Å². The van der Waals surface area contributed by atoms with Crippen molar-refractivity contribution in [2.75, 3.05) is 19.0 Å². The number of nitro benzene ring substituents is 1. The number of carbonyl (C=O) groups is 3. The number of carbonyl (C=O) groups excluding carboxylic acids is 3. The summed E-state index contributed by atoms with van der Waals surface area (Å²) in [6.07, 6.45) is -0.228. The van der Waals surface area contributed by atoms with Crippen molar-refractivity contribution in [3.8, 4) is 5.75 Å². The van der Waals surface area contributed by atoms with Gasteiger partial charge in [-0.3, -0.25) is 24.5 Å². The third-order valence-electron chi connectivity index (χ3n) is 4.43. The molecule has 0 saturated heterocycles. The molecule has 0 aromatic heterocycles. The van der Waals surface area contributed by atoms with Crippen molar-refractivity contribution >= 4 is 29.0 Å². The number of nitrogens with zero attached hydrogens (tertiary/aromatic N) is 1. The molecule has 0 spiro atoms. The lowest BCUT2D eigenvalue weighted by Crippen LogP contribution is -2.21. The third kappa shape index (κ3) is 6.13. The molecule has 1 N–H and O–H groups in total. The van der Waals surface area contributed by atoms with Gasteiger partial charge in [0.2, 0.25) is 0 Å². The smallest absolute Gasteiger partial charge is 0.306 e. The number of hydrogen-bond acceptors (Lipinski definition) is 7. The quantitative estimate of drug-likeness (QED) is 0.289. The minimum atomic E-state index is -0.739. The fourth-order valence-electron chi connectivity index (χ4n) is 2.57. The van der Waals surface area contributed by atoms with Crippen molar-refractivity contribution < 1.29 is 28.8 Å². The molecule has 0 aliphatic carbocycles. The number of methoxy groups -OCH3 is 1. The zero-order chi connectivity index (χ0) is 22.3. The lowest BCUT2D eigenvalue weighted by atomic mass is 10.0. The second-order valence-electron chi connectivity index (χ2n) is 6.57. The molecule has 0 heterocycles. The number of ether oxygens (including phenoxy) is 2. The van der Waals surface area contributed by atoms with E-state index >= 15 is 0 Å². The van der Waals surface area contributed by atoms with Crippen LogP contribution in [0.2, 0.25) is 0 Å². The van der Waals surface area contributed by atoms with Crippen molar-refractivity contribution in [3.63, 3.8) is 0 Å². The van der Waals surface area contributed by atoms with E-state index in [0.717, 1.165) is 11.1 Å². The topological polar surface area (TPSA) is 125 Å². The average molecular weight is 414 g/mol. The van der Waals surface area contributed by atoms with Crippen LogP contribution in [0, 0.1) is 24.0 Å². The van der Waals surface area contributed by atoms with Gasteiger partial charge in [-0.1, -0.05) is 12.1 Å². The molecule has 0 radical (unpaired) electrons. The van der Waals surface area contributed by atoms with E-state index in [4.69, 9.17) is 9.47 Å². The van der Waals surface area contributed by atoms with Gasteiger partial charge in [0.15, 0.2) is 12.4 Å². The van der Waals surface area contributed by atoms with E-state index in [9.17, 15) is 24.5 Å². The predicted octanol–water partition coefficient (Wildman–Crippen LogP) is 3.37. The molecule has 9 heteroatoms. The first-order valence-electron chi connectivity index (χ1n) is 9.09. The fourth-order valence-corrected chi connectivity index (χ4v) is 2.57. The first kappa shape index (κ1) is 22.5. The molecular weight excluding hydrogens is 392 g/mol. The molecular formula is C21H22N2O7. The van der Waals surface area contributed by atoms with Crippen LogP contribution < -0.4 is 10.1 Å². The Morgan fingerprint density at radius 2 is 1.77 bits per heavy atom. The van der Waals surface area contributed by atoms with E-state index in [1.54, 1.807) is 12.1 Å². The maximum atomic E-state index is 12.2. The fraction of sp³-hybridized carbons (Fsp3) is 0.286. The summed E-state index contributed by atoms with van der Waals surface area (Å²) in [7, 11) is 1.36. The molecule has 0 atom stereocenters. The largest absolute Gasteiger partial charge is 0.496 e. The molecule has 0 bridgehead atoms. The zero-order valence-electron chi connectivity index (χ0n) is 16.9. The number of rotatable bonds is 9. The molecule has 1 amide bonds. The molecule has 0 unspecified atom stereocenters. The molecule has 0 aliphatic rings. The molecule has 30 heavy (non-hydrogen) atoms. The Morgan fingerprint density at radius 3 is 2.40 bits per heavy atom. The summed E-state index contributed by atoms with van der Waals surface area (Å²) < 4.78 is 9.77. The van der Waals surface area contributed by atoms with Crippen molar-refractivity contribution in [1.82, 2.24) is 0 Å². The number of ketones is 1. The van der Waals surface area contributed by atoms with E-state index in [2.05, 4.69) is 5.32 Å². The summed E-state index contributed by atoms with van der Waals surface area (Å²) in [4.78, 5) is 46.4. The minimum absolute atomic E-state index is 0.0487. The lowest BCUT2D eigenvalue weighted by Gasteiger charge is -2.08. The van der Waals surface area contributed by atoms with Crippen LogP contribution in [-0.2, 0) is 14.3 Å². The summed E-state index contributed by atoms with van der Waals surface area (Å²) >= 11 is 0. The van der Waals surface area contributed by atoms with Crippen LogP contribution in [0.3, 0.4) is 0 Å². The molecule has 0 saturated carbocycles. The summed E-state index contributed by atoms with van der Waals surface area (Å²) in [5, 5.41) is 13.4. The van der Waals surface area contributed by atoms with Crippen LogP contribution in [0.5, 0.6) is 5.75 Å². The Bertz CT molecular complexity index is 985.